The van der Waals surface area contributed by atoms with E-state index in [1.54, 1.807) is 7.05 Å². The van der Waals surface area contributed by atoms with Crippen molar-refractivity contribution in [1.82, 2.24) is 20.1 Å². The van der Waals surface area contributed by atoms with Gasteiger partial charge in [-0.05, 0) is 25.0 Å². The zero-order valence-electron chi connectivity index (χ0n) is 16.3. The summed E-state index contributed by atoms with van der Waals surface area (Å²) in [5.41, 5.74) is 1.66. The van der Waals surface area contributed by atoms with Gasteiger partial charge in [0.1, 0.15) is 5.52 Å². The van der Waals surface area contributed by atoms with Gasteiger partial charge in [-0.2, -0.15) is 4.98 Å². The van der Waals surface area contributed by atoms with E-state index in [0.29, 0.717) is 25.6 Å². The fourth-order valence-corrected chi connectivity index (χ4v) is 3.98. The predicted molar refractivity (Wildman–Crippen MR) is 106 cm³/mol. The Bertz CT molecular complexity index is 802. The standard InChI is InChI=1S/C20H27N5O3/c1-21-18(26)14-23-10-12-24(13-11-23)19(27)15-6-8-25(9-7-15)20-22-16-4-2-3-5-17(16)28-20/h2-5,15H,6-14H2,1H3,(H,21,26). The Hall–Kier alpha value is -2.61. The van der Waals surface area contributed by atoms with E-state index in [1.165, 1.54) is 0 Å². The number of para-hydroxylation sites is 2. The molecule has 28 heavy (non-hydrogen) atoms. The van der Waals surface area contributed by atoms with Crippen molar-refractivity contribution in [2.75, 3.05) is 57.8 Å². The van der Waals surface area contributed by atoms with Crippen molar-refractivity contribution < 1.29 is 14.0 Å². The number of hydrogen-bond acceptors (Lipinski definition) is 6. The van der Waals surface area contributed by atoms with Crippen LogP contribution < -0.4 is 10.2 Å². The third kappa shape index (κ3) is 3.96. The van der Waals surface area contributed by atoms with Crippen molar-refractivity contribution in [3.63, 3.8) is 0 Å². The zero-order chi connectivity index (χ0) is 19.5. The Balaban J connectivity index is 1.28. The SMILES string of the molecule is CNC(=O)CN1CCN(C(=O)C2CCN(c3nc4ccccc4o3)CC2)CC1. The van der Waals surface area contributed by atoms with E-state index >= 15 is 0 Å². The number of fused-ring (bicyclic) bond motifs is 1. The van der Waals surface area contributed by atoms with Gasteiger partial charge >= 0.3 is 0 Å². The molecule has 2 fully saturated rings. The molecule has 2 aliphatic heterocycles. The number of carbonyl (C=O) groups excluding carboxylic acids is 2. The van der Waals surface area contributed by atoms with Gasteiger partial charge in [-0.1, -0.05) is 12.1 Å². The molecule has 2 aromatic rings. The van der Waals surface area contributed by atoms with Crippen LogP contribution in [0.25, 0.3) is 11.1 Å². The molecular formula is C20H27N5O3. The Morgan fingerprint density at radius 3 is 2.50 bits per heavy atom. The number of piperidine rings is 1. The second kappa shape index (κ2) is 8.18. The van der Waals surface area contributed by atoms with Crippen molar-refractivity contribution in [2.24, 2.45) is 5.92 Å². The van der Waals surface area contributed by atoms with Crippen molar-refractivity contribution in [1.29, 1.82) is 0 Å². The molecule has 0 saturated carbocycles. The first-order chi connectivity index (χ1) is 13.6. The normalized spacial score (nSPS) is 19.2. The molecule has 3 heterocycles. The molecule has 0 spiro atoms. The fraction of sp³-hybridized carbons (Fsp3) is 0.550. The average molecular weight is 385 g/mol. The van der Waals surface area contributed by atoms with Gasteiger partial charge < -0.3 is 19.5 Å². The lowest BCUT2D eigenvalue weighted by Crippen LogP contribution is -2.53. The molecule has 150 valence electrons. The molecule has 0 aliphatic carbocycles. The van der Waals surface area contributed by atoms with Crippen LogP contribution in [0.2, 0.25) is 0 Å². The maximum absolute atomic E-state index is 12.9. The van der Waals surface area contributed by atoms with Gasteiger partial charge in [-0.25, -0.2) is 0 Å². The highest BCUT2D eigenvalue weighted by Gasteiger charge is 2.31. The Morgan fingerprint density at radius 2 is 1.82 bits per heavy atom. The van der Waals surface area contributed by atoms with Gasteiger partial charge in [0, 0.05) is 52.2 Å². The van der Waals surface area contributed by atoms with Crippen LogP contribution in [0.15, 0.2) is 28.7 Å². The minimum Gasteiger partial charge on any atom is -0.423 e. The van der Waals surface area contributed by atoms with Gasteiger partial charge in [0.15, 0.2) is 5.58 Å². The Labute approximate surface area is 164 Å². The Morgan fingerprint density at radius 1 is 1.11 bits per heavy atom. The topological polar surface area (TPSA) is 81.9 Å². The smallest absolute Gasteiger partial charge is 0.298 e. The molecule has 1 aromatic heterocycles. The number of anilines is 1. The fourth-order valence-electron chi connectivity index (χ4n) is 3.98. The second-order valence-corrected chi connectivity index (χ2v) is 7.50. The molecule has 8 nitrogen and oxygen atoms in total. The minimum absolute atomic E-state index is 0.0198. The lowest BCUT2D eigenvalue weighted by molar-refractivity contribution is -0.138. The summed E-state index contributed by atoms with van der Waals surface area (Å²) in [5.74, 6) is 0.328. The predicted octanol–water partition coefficient (Wildman–Crippen LogP) is 0.934. The lowest BCUT2D eigenvalue weighted by Gasteiger charge is -2.38. The average Bonchev–Trinajstić information content (AvgIpc) is 3.18. The molecule has 2 amide bonds. The third-order valence-corrected chi connectivity index (χ3v) is 5.73. The van der Waals surface area contributed by atoms with E-state index in [-0.39, 0.29) is 17.7 Å². The van der Waals surface area contributed by atoms with Crippen molar-refractivity contribution in [3.8, 4) is 0 Å². The quantitative estimate of drug-likeness (QED) is 0.843. The number of amides is 2. The molecule has 0 bridgehead atoms. The summed E-state index contributed by atoms with van der Waals surface area (Å²) >= 11 is 0. The number of nitrogens with zero attached hydrogens (tertiary/aromatic N) is 4. The summed E-state index contributed by atoms with van der Waals surface area (Å²) in [5, 5.41) is 2.65. The van der Waals surface area contributed by atoms with Crippen molar-refractivity contribution in [2.45, 2.75) is 12.8 Å². The van der Waals surface area contributed by atoms with E-state index in [4.69, 9.17) is 4.42 Å². The van der Waals surface area contributed by atoms with Gasteiger partial charge in [-0.3, -0.25) is 14.5 Å². The zero-order valence-corrected chi connectivity index (χ0v) is 16.3. The highest BCUT2D eigenvalue weighted by Crippen LogP contribution is 2.27. The second-order valence-electron chi connectivity index (χ2n) is 7.50. The third-order valence-electron chi connectivity index (χ3n) is 5.73. The molecule has 8 heteroatoms. The first-order valence-electron chi connectivity index (χ1n) is 9.96. The van der Waals surface area contributed by atoms with E-state index in [0.717, 1.165) is 50.1 Å². The van der Waals surface area contributed by atoms with Crippen LogP contribution in [0.5, 0.6) is 0 Å². The van der Waals surface area contributed by atoms with Crippen LogP contribution >= 0.6 is 0 Å². The van der Waals surface area contributed by atoms with E-state index in [9.17, 15) is 9.59 Å². The van der Waals surface area contributed by atoms with Crippen molar-refractivity contribution in [3.05, 3.63) is 24.3 Å². The number of nitrogens with one attached hydrogen (secondary N) is 1. The number of hydrogen-bond donors (Lipinski definition) is 1. The number of benzene rings is 1. The summed E-state index contributed by atoms with van der Waals surface area (Å²) in [6, 6.07) is 8.41. The first-order valence-corrected chi connectivity index (χ1v) is 9.96. The molecule has 1 N–H and O–H groups in total. The van der Waals surface area contributed by atoms with Crippen molar-refractivity contribution >= 4 is 28.9 Å². The monoisotopic (exact) mass is 385 g/mol. The number of rotatable bonds is 4. The van der Waals surface area contributed by atoms with Crippen LogP contribution in [-0.4, -0.2) is 79.5 Å². The van der Waals surface area contributed by atoms with Gasteiger partial charge in [0.05, 0.1) is 6.54 Å². The van der Waals surface area contributed by atoms with Gasteiger partial charge in [0.25, 0.3) is 6.01 Å². The van der Waals surface area contributed by atoms with E-state index in [1.807, 2.05) is 29.2 Å². The summed E-state index contributed by atoms with van der Waals surface area (Å²) in [4.78, 5) is 35.1. The molecule has 0 radical (unpaired) electrons. The highest BCUT2D eigenvalue weighted by molar-refractivity contribution is 5.80. The molecule has 0 unspecified atom stereocenters. The van der Waals surface area contributed by atoms with Crippen LogP contribution in [0.1, 0.15) is 12.8 Å². The summed E-state index contributed by atoms with van der Waals surface area (Å²) < 4.78 is 5.85. The minimum atomic E-state index is 0.0198. The first kappa shape index (κ1) is 18.7. The van der Waals surface area contributed by atoms with Gasteiger partial charge in [0.2, 0.25) is 11.8 Å². The van der Waals surface area contributed by atoms with E-state index < -0.39 is 0 Å². The highest BCUT2D eigenvalue weighted by atomic mass is 16.4. The Kier molecular flexibility index (Phi) is 5.47. The molecular weight excluding hydrogens is 358 g/mol. The molecule has 0 atom stereocenters. The summed E-state index contributed by atoms with van der Waals surface area (Å²) in [7, 11) is 1.65. The summed E-state index contributed by atoms with van der Waals surface area (Å²) in [6.45, 7) is 4.85. The molecule has 2 aliphatic rings. The van der Waals surface area contributed by atoms with Crippen LogP contribution in [0.4, 0.5) is 6.01 Å². The molecule has 2 saturated heterocycles. The number of likely N-dealkylation sites (N-methyl/N-ethyl adjacent to an activating group) is 1. The maximum atomic E-state index is 12.9. The summed E-state index contributed by atoms with van der Waals surface area (Å²) in [6.07, 6.45) is 1.63. The van der Waals surface area contributed by atoms with Crippen LogP contribution in [0.3, 0.4) is 0 Å². The molecule has 1 aromatic carbocycles. The number of carbonyl (C=O) groups is 2. The largest absolute Gasteiger partial charge is 0.423 e. The van der Waals surface area contributed by atoms with Gasteiger partial charge in [-0.15, -0.1) is 0 Å². The van der Waals surface area contributed by atoms with E-state index in [2.05, 4.69) is 20.1 Å². The number of piperazine rings is 1. The number of oxazole rings is 1. The molecule has 4 rings (SSSR count). The lowest BCUT2D eigenvalue weighted by atomic mass is 9.95. The van der Waals surface area contributed by atoms with Crippen LogP contribution in [0, 0.1) is 5.92 Å². The van der Waals surface area contributed by atoms with Crippen LogP contribution in [-0.2, 0) is 9.59 Å². The maximum Gasteiger partial charge on any atom is 0.298 e. The number of aromatic nitrogens is 1.